The molecule has 9 heteroatoms. The second-order valence-electron chi connectivity index (χ2n) is 7.63. The van der Waals surface area contributed by atoms with Gasteiger partial charge in [0.1, 0.15) is 23.7 Å². The monoisotopic (exact) mass is 491 g/mol. The van der Waals surface area contributed by atoms with Crippen molar-refractivity contribution in [1.82, 2.24) is 10.3 Å². The molecule has 1 amide bonds. The Hall–Kier alpha value is -2.87. The van der Waals surface area contributed by atoms with Crippen LogP contribution in [0.2, 0.25) is 0 Å². The van der Waals surface area contributed by atoms with Crippen molar-refractivity contribution in [2.24, 2.45) is 0 Å². The zero-order valence-corrected chi connectivity index (χ0v) is 19.8. The van der Waals surface area contributed by atoms with Crippen molar-refractivity contribution >= 4 is 36.4 Å². The molecule has 4 rings (SSSR count). The zero-order chi connectivity index (χ0) is 21.6. The number of rotatable bonds is 6. The van der Waals surface area contributed by atoms with Gasteiger partial charge in [0.05, 0.1) is 5.69 Å². The minimum atomic E-state index is -0.603. The quantitative estimate of drug-likeness (QED) is 0.527. The number of ether oxygens (including phenoxy) is 1. The first-order valence-corrected chi connectivity index (χ1v) is 10.4. The number of aryl methyl sites for hydroxylation is 1. The minimum Gasteiger partial charge on any atom is -0.487 e. The Bertz CT molecular complexity index is 1100. The molecule has 1 saturated heterocycles. The third kappa shape index (κ3) is 6.81. The van der Waals surface area contributed by atoms with Gasteiger partial charge in [-0.1, -0.05) is 6.07 Å². The fourth-order valence-corrected chi connectivity index (χ4v) is 3.67. The molecule has 0 spiro atoms. The van der Waals surface area contributed by atoms with E-state index in [0.29, 0.717) is 29.4 Å². The van der Waals surface area contributed by atoms with Crippen LogP contribution in [0.3, 0.4) is 0 Å². The molecule has 1 unspecified atom stereocenters. The lowest BCUT2D eigenvalue weighted by Crippen LogP contribution is -2.30. The maximum absolute atomic E-state index is 12.7. The summed E-state index contributed by atoms with van der Waals surface area (Å²) in [5.74, 6) is 0.975. The first kappa shape index (κ1) is 26.4. The van der Waals surface area contributed by atoms with Crippen molar-refractivity contribution in [1.29, 1.82) is 0 Å². The summed E-state index contributed by atoms with van der Waals surface area (Å²) in [5, 5.41) is 6.07. The van der Waals surface area contributed by atoms with E-state index in [1.165, 1.54) is 0 Å². The van der Waals surface area contributed by atoms with Gasteiger partial charge in [-0.05, 0) is 74.3 Å². The van der Waals surface area contributed by atoms with E-state index in [4.69, 9.17) is 9.15 Å². The van der Waals surface area contributed by atoms with E-state index in [2.05, 4.69) is 15.6 Å². The van der Waals surface area contributed by atoms with Crippen molar-refractivity contribution in [2.75, 3.05) is 18.4 Å². The van der Waals surface area contributed by atoms with E-state index in [1.807, 2.05) is 24.3 Å². The average molecular weight is 492 g/mol. The smallest absolute Gasteiger partial charge is 0.349 e. The number of carbonyl (C=O) groups excluding carboxylic acids is 1. The largest absolute Gasteiger partial charge is 0.487 e. The summed E-state index contributed by atoms with van der Waals surface area (Å²) in [4.78, 5) is 29.5. The number of nitrogens with one attached hydrogen (secondary N) is 2. The summed E-state index contributed by atoms with van der Waals surface area (Å²) in [7, 11) is 0. The number of anilines is 1. The Kier molecular flexibility index (Phi) is 9.91. The summed E-state index contributed by atoms with van der Waals surface area (Å²) < 4.78 is 11.2. The number of benzene rings is 1. The molecule has 7 nitrogen and oxygen atoms in total. The second kappa shape index (κ2) is 12.4. The van der Waals surface area contributed by atoms with Gasteiger partial charge in [-0.25, -0.2) is 4.79 Å². The molecule has 1 fully saturated rings. The van der Waals surface area contributed by atoms with Crippen LogP contribution in [-0.4, -0.2) is 24.0 Å². The minimum absolute atomic E-state index is 0. The Labute approximate surface area is 204 Å². The van der Waals surface area contributed by atoms with Gasteiger partial charge >= 0.3 is 5.63 Å². The highest BCUT2D eigenvalue weighted by Crippen LogP contribution is 2.24. The van der Waals surface area contributed by atoms with Crippen molar-refractivity contribution in [3.63, 3.8) is 0 Å². The summed E-state index contributed by atoms with van der Waals surface area (Å²) in [6.07, 6.45) is 3.72. The molecule has 0 radical (unpaired) electrons. The third-order valence-electron chi connectivity index (χ3n) is 5.32. The zero-order valence-electron chi connectivity index (χ0n) is 18.2. The maximum atomic E-state index is 12.7. The topological polar surface area (TPSA) is 93.5 Å². The molecule has 3 aromatic rings. The van der Waals surface area contributed by atoms with E-state index >= 15 is 0 Å². The van der Waals surface area contributed by atoms with Crippen molar-refractivity contribution < 1.29 is 13.9 Å². The fraction of sp³-hybridized carbons (Fsp3) is 0.292. The van der Waals surface area contributed by atoms with E-state index in [1.54, 1.807) is 37.4 Å². The van der Waals surface area contributed by atoms with Gasteiger partial charge in [0.25, 0.3) is 5.91 Å². The van der Waals surface area contributed by atoms with E-state index < -0.39 is 11.5 Å². The van der Waals surface area contributed by atoms with E-state index in [0.717, 1.165) is 31.6 Å². The van der Waals surface area contributed by atoms with Gasteiger partial charge in [0.15, 0.2) is 0 Å². The SMILES string of the molecule is Cc1cc(C2CCCNC2)oc(=O)c1C(=O)Nc1ccc(OCc2ccccn2)cc1.Cl.Cl. The number of aromatic nitrogens is 1. The van der Waals surface area contributed by atoms with E-state index in [9.17, 15) is 9.59 Å². The summed E-state index contributed by atoms with van der Waals surface area (Å²) in [6.45, 7) is 3.88. The number of hydrogen-bond acceptors (Lipinski definition) is 6. The highest BCUT2D eigenvalue weighted by Gasteiger charge is 2.22. The Balaban J connectivity index is 0.00000193. The molecule has 0 bridgehead atoms. The van der Waals surface area contributed by atoms with Crippen molar-refractivity contribution in [2.45, 2.75) is 32.3 Å². The molecule has 2 N–H and O–H groups in total. The third-order valence-corrected chi connectivity index (χ3v) is 5.32. The van der Waals surface area contributed by atoms with Gasteiger partial charge in [0.2, 0.25) is 0 Å². The number of carbonyl (C=O) groups is 1. The van der Waals surface area contributed by atoms with Crippen LogP contribution < -0.4 is 21.0 Å². The van der Waals surface area contributed by atoms with Crippen LogP contribution in [0.25, 0.3) is 0 Å². The van der Waals surface area contributed by atoms with Crippen LogP contribution in [0, 0.1) is 6.92 Å². The summed E-state index contributed by atoms with van der Waals surface area (Å²) in [5.41, 5.74) is 1.44. The van der Waals surface area contributed by atoms with Crippen molar-refractivity contribution in [3.05, 3.63) is 87.7 Å². The van der Waals surface area contributed by atoms with Gasteiger partial charge < -0.3 is 19.8 Å². The van der Waals surface area contributed by atoms with Crippen LogP contribution >= 0.6 is 24.8 Å². The second-order valence-corrected chi connectivity index (χ2v) is 7.63. The fourth-order valence-electron chi connectivity index (χ4n) is 3.67. The highest BCUT2D eigenvalue weighted by molar-refractivity contribution is 6.04. The average Bonchev–Trinajstić information content (AvgIpc) is 2.79. The highest BCUT2D eigenvalue weighted by atomic mass is 35.5. The first-order valence-electron chi connectivity index (χ1n) is 10.4. The molecule has 1 aliphatic heterocycles. The molecular formula is C24H27Cl2N3O4. The van der Waals surface area contributed by atoms with E-state index in [-0.39, 0.29) is 36.3 Å². The summed E-state index contributed by atoms with van der Waals surface area (Å²) >= 11 is 0. The Morgan fingerprint density at radius 3 is 2.64 bits per heavy atom. The van der Waals surface area contributed by atoms with Gasteiger partial charge in [-0.3, -0.25) is 9.78 Å². The molecular weight excluding hydrogens is 465 g/mol. The van der Waals surface area contributed by atoms with Gasteiger partial charge in [-0.2, -0.15) is 0 Å². The molecule has 1 atom stereocenters. The van der Waals surface area contributed by atoms with Crippen molar-refractivity contribution in [3.8, 4) is 5.75 Å². The maximum Gasteiger partial charge on any atom is 0.349 e. The van der Waals surface area contributed by atoms with Crippen LogP contribution in [0.1, 0.15) is 46.1 Å². The van der Waals surface area contributed by atoms with Gasteiger partial charge in [-0.15, -0.1) is 24.8 Å². The number of hydrogen-bond donors (Lipinski definition) is 2. The molecule has 0 aliphatic carbocycles. The standard InChI is InChI=1S/C24H25N3O4.2ClH/c1-16-13-21(17-5-4-11-25-14-17)31-24(29)22(16)23(28)27-18-7-9-20(10-8-18)30-15-19-6-2-3-12-26-19;;/h2-3,6-10,12-13,17,25H,4-5,11,14-15H2,1H3,(H,27,28);2*1H. The van der Waals surface area contributed by atoms with Crippen LogP contribution in [0.5, 0.6) is 5.75 Å². The molecule has 1 aliphatic rings. The normalized spacial score (nSPS) is 15.0. The molecule has 33 heavy (non-hydrogen) atoms. The lowest BCUT2D eigenvalue weighted by atomic mass is 9.95. The van der Waals surface area contributed by atoms with Gasteiger partial charge in [0, 0.05) is 24.3 Å². The number of amides is 1. The number of nitrogens with zero attached hydrogens (tertiary/aromatic N) is 1. The van der Waals surface area contributed by atoms with Crippen LogP contribution in [0.15, 0.2) is 63.9 Å². The Morgan fingerprint density at radius 1 is 1.21 bits per heavy atom. The first-order chi connectivity index (χ1) is 15.1. The number of piperidine rings is 1. The van der Waals surface area contributed by atoms with Crippen LogP contribution in [0.4, 0.5) is 5.69 Å². The molecule has 2 aromatic heterocycles. The Morgan fingerprint density at radius 2 is 2.00 bits per heavy atom. The lowest BCUT2D eigenvalue weighted by molar-refractivity contribution is 0.102. The molecule has 3 heterocycles. The predicted molar refractivity (Wildman–Crippen MR) is 132 cm³/mol. The lowest BCUT2D eigenvalue weighted by Gasteiger charge is -2.22. The van der Waals surface area contributed by atoms with Crippen LogP contribution in [-0.2, 0) is 6.61 Å². The predicted octanol–water partition coefficient (Wildman–Crippen LogP) is 4.49. The number of halogens is 2. The molecule has 1 aromatic carbocycles. The number of pyridine rings is 1. The molecule has 176 valence electrons. The molecule has 0 saturated carbocycles. The summed E-state index contributed by atoms with van der Waals surface area (Å²) in [6, 6.07) is 14.4.